The summed E-state index contributed by atoms with van der Waals surface area (Å²) in [4.78, 5) is 20.3. The summed E-state index contributed by atoms with van der Waals surface area (Å²) in [6.45, 7) is 3.12. The van der Waals surface area contributed by atoms with Crippen molar-refractivity contribution in [1.82, 2.24) is 4.98 Å². The van der Waals surface area contributed by atoms with Crippen molar-refractivity contribution in [2.24, 2.45) is 0 Å². The van der Waals surface area contributed by atoms with Crippen LogP contribution in [-0.2, 0) is 6.54 Å². The van der Waals surface area contributed by atoms with Crippen LogP contribution in [0.1, 0.15) is 35.7 Å². The Balaban J connectivity index is 1.75. The summed E-state index contributed by atoms with van der Waals surface area (Å²) >= 11 is 1.41. The number of anilines is 1. The van der Waals surface area contributed by atoms with E-state index in [0.717, 1.165) is 23.1 Å². The summed E-state index contributed by atoms with van der Waals surface area (Å²) in [5, 5.41) is 0.573. The number of ether oxygens (including phenoxy) is 3. The average Bonchev–Trinajstić information content (AvgIpc) is 3.32. The lowest BCUT2D eigenvalue weighted by Gasteiger charge is -2.20. The first kappa shape index (κ1) is 23.6. The van der Waals surface area contributed by atoms with Gasteiger partial charge in [0.15, 0.2) is 5.13 Å². The van der Waals surface area contributed by atoms with Gasteiger partial charge in [0, 0.05) is 5.56 Å². The molecular weight excluding hydrogens is 448 g/mol. The summed E-state index contributed by atoms with van der Waals surface area (Å²) in [5.41, 5.74) is 2.22. The van der Waals surface area contributed by atoms with E-state index in [1.807, 2.05) is 60.7 Å². The van der Waals surface area contributed by atoms with Crippen molar-refractivity contribution in [3.8, 4) is 17.2 Å². The minimum absolute atomic E-state index is 0.151. The number of aromatic nitrogens is 1. The summed E-state index contributed by atoms with van der Waals surface area (Å²) in [6, 6.07) is 20.9. The van der Waals surface area contributed by atoms with E-state index in [1.54, 1.807) is 25.2 Å². The van der Waals surface area contributed by atoms with Gasteiger partial charge < -0.3 is 14.2 Å². The molecule has 6 nitrogen and oxygen atoms in total. The van der Waals surface area contributed by atoms with Gasteiger partial charge in [-0.25, -0.2) is 4.98 Å². The molecule has 1 aromatic heterocycles. The molecule has 0 aliphatic carbocycles. The highest BCUT2D eigenvalue weighted by molar-refractivity contribution is 7.22. The van der Waals surface area contributed by atoms with Gasteiger partial charge in [-0.3, -0.25) is 9.69 Å². The summed E-state index contributed by atoms with van der Waals surface area (Å²) in [6.07, 6.45) is 2.02. The molecule has 0 radical (unpaired) electrons. The number of fused-ring (bicyclic) bond motifs is 1. The number of rotatable bonds is 10. The lowest BCUT2D eigenvalue weighted by Crippen LogP contribution is -2.30. The zero-order valence-corrected chi connectivity index (χ0v) is 20.4. The topological polar surface area (TPSA) is 60.9 Å². The molecule has 0 aliphatic heterocycles. The van der Waals surface area contributed by atoms with Crippen LogP contribution in [0.4, 0.5) is 5.13 Å². The van der Waals surface area contributed by atoms with Gasteiger partial charge in [-0.05, 0) is 42.3 Å². The van der Waals surface area contributed by atoms with Crippen LogP contribution < -0.4 is 19.1 Å². The maximum absolute atomic E-state index is 13.8. The predicted molar refractivity (Wildman–Crippen MR) is 137 cm³/mol. The molecule has 0 aliphatic rings. The Bertz CT molecular complexity index is 1220. The van der Waals surface area contributed by atoms with Gasteiger partial charge in [0.2, 0.25) is 0 Å². The van der Waals surface area contributed by atoms with E-state index >= 15 is 0 Å². The van der Waals surface area contributed by atoms with Crippen LogP contribution in [-0.4, -0.2) is 31.7 Å². The van der Waals surface area contributed by atoms with E-state index in [1.165, 1.54) is 11.3 Å². The highest BCUT2D eigenvalue weighted by Gasteiger charge is 2.24. The first-order chi connectivity index (χ1) is 16.6. The van der Waals surface area contributed by atoms with E-state index in [9.17, 15) is 4.79 Å². The van der Waals surface area contributed by atoms with Gasteiger partial charge in [-0.2, -0.15) is 0 Å². The second-order valence-corrected chi connectivity index (χ2v) is 8.73. The molecular formula is C27H28N2O4S. The Labute approximate surface area is 203 Å². The molecule has 0 N–H and O–H groups in total. The van der Waals surface area contributed by atoms with Crippen LogP contribution in [0.15, 0.2) is 66.7 Å². The monoisotopic (exact) mass is 476 g/mol. The van der Waals surface area contributed by atoms with E-state index in [-0.39, 0.29) is 5.91 Å². The third-order valence-corrected chi connectivity index (χ3v) is 6.50. The fraction of sp³-hybridized carbons (Fsp3) is 0.259. The molecule has 4 rings (SSSR count). The van der Waals surface area contributed by atoms with Crippen molar-refractivity contribution in [3.05, 3.63) is 77.9 Å². The maximum Gasteiger partial charge on any atom is 0.260 e. The highest BCUT2D eigenvalue weighted by atomic mass is 32.1. The lowest BCUT2D eigenvalue weighted by atomic mass is 10.1. The third-order valence-electron chi connectivity index (χ3n) is 5.41. The zero-order chi connectivity index (χ0) is 23.9. The first-order valence-corrected chi connectivity index (χ1v) is 12.1. The third kappa shape index (κ3) is 5.15. The van der Waals surface area contributed by atoms with Crippen molar-refractivity contribution in [2.75, 3.05) is 25.7 Å². The van der Waals surface area contributed by atoms with Crippen LogP contribution >= 0.6 is 11.3 Å². The number of amides is 1. The Morgan fingerprint density at radius 3 is 2.47 bits per heavy atom. The second kappa shape index (κ2) is 11.0. The molecule has 0 fully saturated rings. The SMILES string of the molecule is CCCCOc1cccc(C(=O)N(Cc2ccccc2)c2nc3c(OC)ccc(OC)c3s2)c1. The van der Waals surface area contributed by atoms with Crippen molar-refractivity contribution in [1.29, 1.82) is 0 Å². The normalized spacial score (nSPS) is 10.8. The Morgan fingerprint density at radius 1 is 0.971 bits per heavy atom. The average molecular weight is 477 g/mol. The van der Waals surface area contributed by atoms with E-state index in [0.29, 0.717) is 46.6 Å². The fourth-order valence-electron chi connectivity index (χ4n) is 3.59. The number of hydrogen-bond donors (Lipinski definition) is 0. The number of hydrogen-bond acceptors (Lipinski definition) is 6. The van der Waals surface area contributed by atoms with Crippen molar-refractivity contribution >= 4 is 32.6 Å². The molecule has 7 heteroatoms. The molecule has 0 saturated carbocycles. The molecule has 3 aromatic carbocycles. The molecule has 0 spiro atoms. The van der Waals surface area contributed by atoms with Crippen LogP contribution in [0.5, 0.6) is 17.2 Å². The van der Waals surface area contributed by atoms with Crippen LogP contribution in [0.25, 0.3) is 10.2 Å². The van der Waals surface area contributed by atoms with Gasteiger partial charge in [-0.15, -0.1) is 0 Å². The lowest BCUT2D eigenvalue weighted by molar-refractivity contribution is 0.0984. The number of benzene rings is 3. The standard InChI is InChI=1S/C27H28N2O4S/c1-4-5-16-33-21-13-9-12-20(17-21)26(30)29(18-19-10-7-6-8-11-19)27-28-24-22(31-2)14-15-23(32-3)25(24)34-27/h6-15,17H,4-5,16,18H2,1-3H3. The number of unbranched alkanes of at least 4 members (excludes halogenated alkanes) is 1. The number of thiazole rings is 1. The number of carbonyl (C=O) groups is 1. The zero-order valence-electron chi connectivity index (χ0n) is 19.6. The molecule has 4 aromatic rings. The van der Waals surface area contributed by atoms with E-state index < -0.39 is 0 Å². The second-order valence-electron chi connectivity index (χ2n) is 7.75. The quantitative estimate of drug-likeness (QED) is 0.250. The summed E-state index contributed by atoms with van der Waals surface area (Å²) in [5.74, 6) is 1.86. The Kier molecular flexibility index (Phi) is 7.65. The Hall–Kier alpha value is -3.58. The van der Waals surface area contributed by atoms with Crippen LogP contribution in [0.3, 0.4) is 0 Å². The first-order valence-electron chi connectivity index (χ1n) is 11.2. The van der Waals surface area contributed by atoms with Crippen LogP contribution in [0, 0.1) is 0 Å². The predicted octanol–water partition coefficient (Wildman–Crippen LogP) is 6.34. The summed E-state index contributed by atoms with van der Waals surface area (Å²) < 4.78 is 17.7. The molecule has 0 bridgehead atoms. The molecule has 0 unspecified atom stereocenters. The Morgan fingerprint density at radius 2 is 1.74 bits per heavy atom. The van der Waals surface area contributed by atoms with E-state index in [2.05, 4.69) is 6.92 Å². The summed E-state index contributed by atoms with van der Waals surface area (Å²) in [7, 11) is 3.23. The van der Waals surface area contributed by atoms with Gasteiger partial charge in [0.25, 0.3) is 5.91 Å². The van der Waals surface area contributed by atoms with Gasteiger partial charge in [0.1, 0.15) is 27.5 Å². The molecule has 0 saturated heterocycles. The number of nitrogens with zero attached hydrogens (tertiary/aromatic N) is 2. The van der Waals surface area contributed by atoms with Gasteiger partial charge in [-0.1, -0.05) is 61.1 Å². The number of carbonyl (C=O) groups excluding carboxylic acids is 1. The molecule has 0 atom stereocenters. The highest BCUT2D eigenvalue weighted by Crippen LogP contribution is 2.40. The largest absolute Gasteiger partial charge is 0.495 e. The minimum Gasteiger partial charge on any atom is -0.495 e. The van der Waals surface area contributed by atoms with Crippen molar-refractivity contribution in [3.63, 3.8) is 0 Å². The van der Waals surface area contributed by atoms with Crippen LogP contribution in [0.2, 0.25) is 0 Å². The van der Waals surface area contributed by atoms with E-state index in [4.69, 9.17) is 19.2 Å². The minimum atomic E-state index is -0.151. The van der Waals surface area contributed by atoms with Gasteiger partial charge in [0.05, 0.1) is 27.4 Å². The maximum atomic E-state index is 13.8. The molecule has 1 heterocycles. The molecule has 1 amide bonds. The number of methoxy groups -OCH3 is 2. The molecule has 176 valence electrons. The molecule has 34 heavy (non-hydrogen) atoms. The van der Waals surface area contributed by atoms with Crippen molar-refractivity contribution < 1.29 is 19.0 Å². The fourth-order valence-corrected chi connectivity index (χ4v) is 4.66. The van der Waals surface area contributed by atoms with Gasteiger partial charge >= 0.3 is 0 Å². The smallest absolute Gasteiger partial charge is 0.260 e. The van der Waals surface area contributed by atoms with Crippen molar-refractivity contribution in [2.45, 2.75) is 26.3 Å².